The fourth-order valence-electron chi connectivity index (χ4n) is 8.02. The second kappa shape index (κ2) is 17.7. The molecule has 3 amide bonds. The van der Waals surface area contributed by atoms with Gasteiger partial charge in [0.2, 0.25) is 17.7 Å². The molecule has 1 saturated heterocycles. The Morgan fingerprint density at radius 1 is 1.07 bits per heavy atom. The number of anilines is 1. The lowest BCUT2D eigenvalue weighted by Crippen LogP contribution is -2.44. The van der Waals surface area contributed by atoms with E-state index in [2.05, 4.69) is 37.6 Å². The van der Waals surface area contributed by atoms with E-state index in [4.69, 9.17) is 9.15 Å². The van der Waals surface area contributed by atoms with E-state index in [0.717, 1.165) is 62.7 Å². The average molecular weight is 788 g/mol. The molecule has 1 aromatic carbocycles. The fourth-order valence-corrected chi connectivity index (χ4v) is 8.02. The molecule has 2 N–H and O–H groups in total. The van der Waals surface area contributed by atoms with Gasteiger partial charge in [0.15, 0.2) is 11.4 Å². The van der Waals surface area contributed by atoms with Crippen molar-refractivity contribution in [1.82, 2.24) is 39.1 Å². The first-order chi connectivity index (χ1) is 27.6. The number of carbonyl (C=O) groups is 3. The van der Waals surface area contributed by atoms with Crippen molar-refractivity contribution >= 4 is 34.4 Å². The molecular weight excluding hydrogens is 740 g/mol. The third-order valence-corrected chi connectivity index (χ3v) is 10.9. The zero-order chi connectivity index (χ0) is 40.1. The fraction of sp³-hybridized carbons (Fsp3) is 0.475. The van der Waals surface area contributed by atoms with Crippen LogP contribution in [0, 0.1) is 5.92 Å². The number of rotatable bonds is 16. The Morgan fingerprint density at radius 2 is 1.84 bits per heavy atom. The number of halogens is 2. The number of nitrogens with one attached hydrogen (secondary N) is 2. The summed E-state index contributed by atoms with van der Waals surface area (Å²) >= 11 is 0. The van der Waals surface area contributed by atoms with Gasteiger partial charge in [0.25, 0.3) is 12.3 Å². The number of aromatic nitrogens is 6. The average Bonchev–Trinajstić information content (AvgIpc) is 3.93. The summed E-state index contributed by atoms with van der Waals surface area (Å²) in [5, 5.41) is 9.09. The van der Waals surface area contributed by atoms with Crippen LogP contribution in [0.5, 0.6) is 0 Å². The number of piperidine rings is 1. The van der Waals surface area contributed by atoms with E-state index in [9.17, 15) is 28.0 Å². The number of para-hydroxylation sites is 1. The molecule has 1 unspecified atom stereocenters. The summed E-state index contributed by atoms with van der Waals surface area (Å²) in [5.74, 6) is -0.736. The van der Waals surface area contributed by atoms with Crippen molar-refractivity contribution in [3.63, 3.8) is 0 Å². The Kier molecular flexibility index (Phi) is 12.3. The Balaban J connectivity index is 0.822. The summed E-state index contributed by atoms with van der Waals surface area (Å²) in [6.07, 6.45) is 9.26. The van der Waals surface area contributed by atoms with Crippen molar-refractivity contribution in [3.8, 4) is 11.5 Å². The third kappa shape index (κ3) is 9.04. The van der Waals surface area contributed by atoms with Crippen molar-refractivity contribution in [2.45, 2.75) is 76.3 Å². The Hall–Kier alpha value is -5.55. The minimum Gasteiger partial charge on any atom is -0.444 e. The van der Waals surface area contributed by atoms with Gasteiger partial charge in [0.05, 0.1) is 22.8 Å². The maximum absolute atomic E-state index is 14.0. The second-order valence-corrected chi connectivity index (χ2v) is 14.9. The molecule has 1 aliphatic heterocycles. The molecule has 2 fully saturated rings. The summed E-state index contributed by atoms with van der Waals surface area (Å²) in [6, 6.07) is 8.34. The minimum absolute atomic E-state index is 0.0348. The molecule has 5 heterocycles. The predicted molar refractivity (Wildman–Crippen MR) is 206 cm³/mol. The smallest absolute Gasteiger partial charge is 0.329 e. The monoisotopic (exact) mass is 787 g/mol. The molecule has 5 aromatic rings. The molecule has 17 heteroatoms. The normalized spacial score (nSPS) is 18.8. The number of pyridine rings is 1. The number of aryl methyl sites for hydroxylation is 2. The van der Waals surface area contributed by atoms with Crippen LogP contribution in [0.2, 0.25) is 0 Å². The van der Waals surface area contributed by atoms with E-state index < -0.39 is 30.0 Å². The molecule has 0 spiro atoms. The van der Waals surface area contributed by atoms with Gasteiger partial charge in [0.1, 0.15) is 12.3 Å². The Morgan fingerprint density at radius 3 is 2.60 bits per heavy atom. The lowest BCUT2D eigenvalue weighted by Gasteiger charge is -2.31. The SMILES string of the molecule is CN(CCCOCCCc1cccc2c1n(C)c(=O)n2C1CCC(=O)NC1=O)C[C@H]1CC[C@H](n2cc(NC(=O)c3coc(-c4ccncc4)n3)c(C(F)F)n2)CC1. The molecule has 2 aliphatic rings. The molecule has 1 aliphatic carbocycles. The van der Waals surface area contributed by atoms with Crippen LogP contribution in [0.1, 0.15) is 91.6 Å². The molecular formula is C40H47F2N9O6. The van der Waals surface area contributed by atoms with Crippen LogP contribution < -0.4 is 16.3 Å². The molecule has 302 valence electrons. The summed E-state index contributed by atoms with van der Waals surface area (Å²) in [6.45, 7) is 3.00. The summed E-state index contributed by atoms with van der Waals surface area (Å²) in [4.78, 5) is 60.8. The first kappa shape index (κ1) is 39.7. The number of amides is 3. The van der Waals surface area contributed by atoms with Crippen LogP contribution in [0.15, 0.2) is 64.4 Å². The van der Waals surface area contributed by atoms with Crippen LogP contribution in [0.3, 0.4) is 0 Å². The van der Waals surface area contributed by atoms with Gasteiger partial charge in [-0.25, -0.2) is 18.6 Å². The number of imidazole rings is 1. The van der Waals surface area contributed by atoms with Crippen LogP contribution in [0.25, 0.3) is 22.5 Å². The van der Waals surface area contributed by atoms with Gasteiger partial charge in [-0.05, 0) is 88.1 Å². The van der Waals surface area contributed by atoms with E-state index in [0.29, 0.717) is 43.1 Å². The number of alkyl halides is 2. The number of hydrogen-bond donors (Lipinski definition) is 2. The zero-order valence-corrected chi connectivity index (χ0v) is 32.0. The van der Waals surface area contributed by atoms with Crippen molar-refractivity contribution in [3.05, 3.63) is 82.6 Å². The Bertz CT molecular complexity index is 2260. The van der Waals surface area contributed by atoms with Crippen LogP contribution >= 0.6 is 0 Å². The number of ether oxygens (including phenoxy) is 1. The lowest BCUT2D eigenvalue weighted by molar-refractivity contribution is -0.135. The van der Waals surface area contributed by atoms with E-state index in [-0.39, 0.29) is 41.3 Å². The second-order valence-electron chi connectivity index (χ2n) is 14.9. The molecule has 57 heavy (non-hydrogen) atoms. The van der Waals surface area contributed by atoms with Gasteiger partial charge in [-0.15, -0.1) is 0 Å². The summed E-state index contributed by atoms with van der Waals surface area (Å²) < 4.78 is 44.0. The summed E-state index contributed by atoms with van der Waals surface area (Å²) in [5.41, 5.74) is 2.28. The number of benzene rings is 1. The van der Waals surface area contributed by atoms with E-state index in [1.54, 1.807) is 40.8 Å². The molecule has 0 radical (unpaired) electrons. The zero-order valence-electron chi connectivity index (χ0n) is 32.0. The van der Waals surface area contributed by atoms with Gasteiger partial charge in [-0.2, -0.15) is 5.10 Å². The van der Waals surface area contributed by atoms with Gasteiger partial charge in [0, 0.05) is 63.9 Å². The van der Waals surface area contributed by atoms with E-state index in [1.165, 1.54) is 17.0 Å². The van der Waals surface area contributed by atoms with Crippen LogP contribution in [0.4, 0.5) is 14.5 Å². The maximum atomic E-state index is 14.0. The minimum atomic E-state index is -2.86. The van der Waals surface area contributed by atoms with E-state index in [1.807, 2.05) is 18.2 Å². The van der Waals surface area contributed by atoms with Gasteiger partial charge in [-0.1, -0.05) is 12.1 Å². The first-order valence-electron chi connectivity index (χ1n) is 19.4. The Labute approximate surface area is 327 Å². The predicted octanol–water partition coefficient (Wildman–Crippen LogP) is 5.46. The number of carbonyl (C=O) groups excluding carboxylic acids is 3. The standard InChI is InChI=1S/C40H47F2N9O6/c1-48(19-5-21-56-20-4-7-26-6-3-8-31-35(26)49(2)40(55)51(31)32-13-14-33(52)46-38(32)54)22-25-9-11-28(12-10-25)50-23-29(34(47-50)36(41)42)44-37(53)30-24-57-39(45-30)27-15-17-43-18-16-27/h3,6,8,15-18,23-25,28,32,36H,4-5,7,9-14,19-22H2,1-2H3,(H,44,53)(H,46,52,54)/t25-,28-,32?. The van der Waals surface area contributed by atoms with Crippen molar-refractivity contribution < 1.29 is 32.3 Å². The van der Waals surface area contributed by atoms with Crippen LogP contribution in [-0.2, 0) is 27.8 Å². The third-order valence-electron chi connectivity index (χ3n) is 10.9. The van der Waals surface area contributed by atoms with Gasteiger partial charge >= 0.3 is 5.69 Å². The first-order valence-corrected chi connectivity index (χ1v) is 19.4. The van der Waals surface area contributed by atoms with Gasteiger partial charge < -0.3 is 19.4 Å². The van der Waals surface area contributed by atoms with Crippen molar-refractivity contribution in [1.29, 1.82) is 0 Å². The molecule has 7 rings (SSSR count). The molecule has 1 saturated carbocycles. The number of fused-ring (bicyclic) bond motifs is 1. The quantitative estimate of drug-likeness (QED) is 0.0968. The molecule has 0 bridgehead atoms. The van der Waals surface area contributed by atoms with E-state index >= 15 is 0 Å². The van der Waals surface area contributed by atoms with Crippen molar-refractivity contribution in [2.75, 3.05) is 38.7 Å². The number of nitrogens with zero attached hydrogens (tertiary/aromatic N) is 7. The summed E-state index contributed by atoms with van der Waals surface area (Å²) in [7, 11) is 3.81. The topological polar surface area (TPSA) is 171 Å². The molecule has 1 atom stereocenters. The highest BCUT2D eigenvalue weighted by Crippen LogP contribution is 2.35. The molecule has 4 aromatic heterocycles. The molecule has 15 nitrogen and oxygen atoms in total. The van der Waals surface area contributed by atoms with Crippen LogP contribution in [-0.4, -0.2) is 84.9 Å². The number of hydrogen-bond acceptors (Lipinski definition) is 10. The maximum Gasteiger partial charge on any atom is 0.329 e. The van der Waals surface area contributed by atoms with Crippen molar-refractivity contribution in [2.24, 2.45) is 13.0 Å². The largest absolute Gasteiger partial charge is 0.444 e. The lowest BCUT2D eigenvalue weighted by atomic mass is 9.86. The van der Waals surface area contributed by atoms with Gasteiger partial charge in [-0.3, -0.25) is 38.5 Å². The highest BCUT2D eigenvalue weighted by molar-refractivity contribution is 6.03. The number of oxazole rings is 1. The number of imide groups is 1. The highest BCUT2D eigenvalue weighted by atomic mass is 19.3. The highest BCUT2D eigenvalue weighted by Gasteiger charge is 2.32.